The van der Waals surface area contributed by atoms with Gasteiger partial charge in [0.1, 0.15) is 5.82 Å². The summed E-state index contributed by atoms with van der Waals surface area (Å²) in [5, 5.41) is 5.82. The number of nitrogens with one attached hydrogen (secondary N) is 2. The molecule has 2 rings (SSSR count). The van der Waals surface area contributed by atoms with Crippen LogP contribution in [0.2, 0.25) is 0 Å². The van der Waals surface area contributed by atoms with Gasteiger partial charge in [0, 0.05) is 17.4 Å². The molecule has 0 aliphatic carbocycles. The molecule has 1 aliphatic heterocycles. The number of carbonyl (C=O) groups is 1. The van der Waals surface area contributed by atoms with E-state index >= 15 is 0 Å². The Morgan fingerprint density at radius 3 is 2.86 bits per heavy atom. The molecule has 1 aromatic carbocycles. The molecule has 1 aromatic rings. The Morgan fingerprint density at radius 2 is 2.23 bits per heavy atom. The smallest absolute Gasteiger partial charge is 0.247 e. The fourth-order valence-electron chi connectivity index (χ4n) is 2.23. The van der Waals surface area contributed by atoms with Gasteiger partial charge in [0.25, 0.3) is 0 Å². The van der Waals surface area contributed by atoms with E-state index in [0.717, 1.165) is 37.2 Å². The predicted octanol–water partition coefficient (Wildman–Crippen LogP) is 3.69. The third kappa shape index (κ3) is 6.06. The van der Waals surface area contributed by atoms with Gasteiger partial charge in [0.2, 0.25) is 12.3 Å². The van der Waals surface area contributed by atoms with Gasteiger partial charge >= 0.3 is 0 Å². The highest BCUT2D eigenvalue weighted by molar-refractivity contribution is 7.99. The molecular weight excluding hydrogens is 337 g/mol. The fourth-order valence-corrected chi connectivity index (χ4v) is 2.97. The van der Waals surface area contributed by atoms with Gasteiger partial charge in [-0.25, -0.2) is 13.2 Å². The first-order chi connectivity index (χ1) is 10.0. The highest BCUT2D eigenvalue weighted by Crippen LogP contribution is 2.29. The van der Waals surface area contributed by atoms with E-state index < -0.39 is 18.0 Å². The van der Waals surface area contributed by atoms with Crippen molar-refractivity contribution in [3.8, 4) is 0 Å². The molecule has 8 heteroatoms. The number of thioether (sulfide) groups is 1. The third-order valence-electron chi connectivity index (χ3n) is 3.17. The lowest BCUT2D eigenvalue weighted by molar-refractivity contribution is -0.116. The van der Waals surface area contributed by atoms with Crippen LogP contribution in [-0.4, -0.2) is 30.7 Å². The van der Waals surface area contributed by atoms with E-state index in [1.165, 1.54) is 12.1 Å². The van der Waals surface area contributed by atoms with Crippen molar-refractivity contribution in [2.75, 3.05) is 17.6 Å². The lowest BCUT2D eigenvalue weighted by atomic mass is 10.1. The summed E-state index contributed by atoms with van der Waals surface area (Å²) in [6, 6.07) is 3.90. The zero-order chi connectivity index (χ0) is 15.2. The summed E-state index contributed by atoms with van der Waals surface area (Å²) in [4.78, 5) is 12.4. The monoisotopic (exact) mass is 354 g/mol. The van der Waals surface area contributed by atoms with Crippen LogP contribution in [-0.2, 0) is 4.79 Å². The first-order valence-electron chi connectivity index (χ1n) is 6.78. The number of rotatable bonds is 6. The highest BCUT2D eigenvalue weighted by Gasteiger charge is 2.18. The number of hydrogen-bond donors (Lipinski definition) is 2. The Hall–Kier alpha value is -0.920. The maximum absolute atomic E-state index is 13.3. The Kier molecular flexibility index (Phi) is 8.06. The maximum Gasteiger partial charge on any atom is 0.247 e. The molecule has 0 radical (unpaired) electrons. The van der Waals surface area contributed by atoms with Gasteiger partial charge in [-0.2, -0.15) is 0 Å². The lowest BCUT2D eigenvalue weighted by Crippen LogP contribution is -2.27. The number of benzene rings is 1. The molecule has 0 aromatic heterocycles. The minimum Gasteiger partial charge on any atom is -0.325 e. The number of anilines is 1. The molecule has 3 nitrogen and oxygen atoms in total. The van der Waals surface area contributed by atoms with E-state index in [0.29, 0.717) is 11.3 Å². The van der Waals surface area contributed by atoms with Gasteiger partial charge in [0.05, 0.1) is 11.4 Å². The quantitative estimate of drug-likeness (QED) is 0.766. The Labute approximate surface area is 137 Å². The second-order valence-electron chi connectivity index (χ2n) is 4.89. The molecule has 1 heterocycles. The van der Waals surface area contributed by atoms with E-state index in [2.05, 4.69) is 10.6 Å². The number of halogens is 4. The Bertz CT molecular complexity index is 499. The predicted molar refractivity (Wildman–Crippen MR) is 84.6 cm³/mol. The van der Waals surface area contributed by atoms with Gasteiger partial charge in [-0.3, -0.25) is 4.79 Å². The minimum absolute atomic E-state index is 0. The summed E-state index contributed by atoms with van der Waals surface area (Å²) in [5.74, 6) is -1.14. The van der Waals surface area contributed by atoms with Crippen LogP contribution < -0.4 is 10.6 Å². The number of amides is 1. The average Bonchev–Trinajstić information content (AvgIpc) is 2.90. The summed E-state index contributed by atoms with van der Waals surface area (Å²) >= 11 is 0.902. The summed E-state index contributed by atoms with van der Waals surface area (Å²) in [6.45, 7) is 0.896. The number of carbonyl (C=O) groups excluding carboxylic acids is 1. The van der Waals surface area contributed by atoms with Crippen molar-refractivity contribution >= 4 is 35.8 Å². The molecule has 1 amide bonds. The van der Waals surface area contributed by atoms with Crippen molar-refractivity contribution in [3.05, 3.63) is 24.0 Å². The van der Waals surface area contributed by atoms with Crippen LogP contribution in [0.1, 0.15) is 19.3 Å². The molecule has 1 fully saturated rings. The topological polar surface area (TPSA) is 41.1 Å². The third-order valence-corrected chi connectivity index (χ3v) is 4.26. The van der Waals surface area contributed by atoms with Crippen LogP contribution in [0.3, 0.4) is 0 Å². The van der Waals surface area contributed by atoms with Crippen LogP contribution >= 0.6 is 24.2 Å². The molecule has 1 saturated heterocycles. The van der Waals surface area contributed by atoms with Crippen molar-refractivity contribution in [2.24, 2.45) is 0 Å². The van der Waals surface area contributed by atoms with Crippen LogP contribution in [0.5, 0.6) is 0 Å². The van der Waals surface area contributed by atoms with Crippen molar-refractivity contribution in [1.82, 2.24) is 5.32 Å². The normalized spacial score (nSPS) is 17.4. The molecule has 124 valence electrons. The van der Waals surface area contributed by atoms with Gasteiger partial charge in [-0.15, -0.1) is 24.2 Å². The van der Waals surface area contributed by atoms with E-state index in [1.807, 2.05) is 0 Å². The van der Waals surface area contributed by atoms with Gasteiger partial charge in [-0.05, 0) is 37.6 Å². The summed E-state index contributed by atoms with van der Waals surface area (Å²) in [6.07, 6.45) is -0.182. The van der Waals surface area contributed by atoms with Crippen LogP contribution in [0.4, 0.5) is 18.9 Å². The van der Waals surface area contributed by atoms with Crippen molar-refractivity contribution in [2.45, 2.75) is 36.6 Å². The molecule has 0 spiro atoms. The molecule has 22 heavy (non-hydrogen) atoms. The molecule has 1 atom stereocenters. The standard InChI is InChI=1S/C14H17F3N2OS.ClH/c15-9-3-4-12(21-8-13(16)17)11(6-9)19-14(20)7-10-2-1-5-18-10;/h3-4,6,10,13,18H,1-2,5,7-8H2,(H,19,20);1H. The summed E-state index contributed by atoms with van der Waals surface area (Å²) < 4.78 is 37.8. The molecule has 0 bridgehead atoms. The van der Waals surface area contributed by atoms with Crippen LogP contribution in [0.15, 0.2) is 23.1 Å². The van der Waals surface area contributed by atoms with Crippen molar-refractivity contribution < 1.29 is 18.0 Å². The minimum atomic E-state index is -2.45. The first-order valence-corrected chi connectivity index (χ1v) is 7.77. The molecule has 1 aliphatic rings. The van der Waals surface area contributed by atoms with E-state index in [9.17, 15) is 18.0 Å². The summed E-state index contributed by atoms with van der Waals surface area (Å²) in [5.41, 5.74) is 0.253. The van der Waals surface area contributed by atoms with Gasteiger partial charge in [-0.1, -0.05) is 0 Å². The number of alkyl halides is 2. The largest absolute Gasteiger partial charge is 0.325 e. The fraction of sp³-hybridized carbons (Fsp3) is 0.500. The van der Waals surface area contributed by atoms with E-state index in [-0.39, 0.29) is 30.0 Å². The zero-order valence-electron chi connectivity index (χ0n) is 11.8. The van der Waals surface area contributed by atoms with Gasteiger partial charge in [0.15, 0.2) is 0 Å². The highest BCUT2D eigenvalue weighted by atomic mass is 35.5. The Balaban J connectivity index is 0.00000242. The first kappa shape index (κ1) is 19.1. The molecule has 1 unspecified atom stereocenters. The molecule has 0 saturated carbocycles. The van der Waals surface area contributed by atoms with E-state index in [4.69, 9.17) is 0 Å². The van der Waals surface area contributed by atoms with Crippen LogP contribution in [0.25, 0.3) is 0 Å². The van der Waals surface area contributed by atoms with Gasteiger partial charge < -0.3 is 10.6 Å². The Morgan fingerprint density at radius 1 is 1.45 bits per heavy atom. The SMILES string of the molecule is Cl.O=C(CC1CCCN1)Nc1cc(F)ccc1SCC(F)F. The number of hydrogen-bond acceptors (Lipinski definition) is 3. The molecular formula is C14H18ClF3N2OS. The molecule has 2 N–H and O–H groups in total. The van der Waals surface area contributed by atoms with Crippen molar-refractivity contribution in [1.29, 1.82) is 0 Å². The van der Waals surface area contributed by atoms with Crippen molar-refractivity contribution in [3.63, 3.8) is 0 Å². The average molecular weight is 355 g/mol. The maximum atomic E-state index is 13.3. The van der Waals surface area contributed by atoms with Crippen LogP contribution in [0, 0.1) is 5.82 Å². The summed E-state index contributed by atoms with van der Waals surface area (Å²) in [7, 11) is 0. The lowest BCUT2D eigenvalue weighted by Gasteiger charge is -2.13. The van der Waals surface area contributed by atoms with E-state index in [1.54, 1.807) is 0 Å². The zero-order valence-corrected chi connectivity index (χ0v) is 13.4. The second kappa shape index (κ2) is 9.27. The second-order valence-corrected chi connectivity index (χ2v) is 5.95.